The largest absolute Gasteiger partial charge is 0.336 e. The average Bonchev–Trinajstić information content (AvgIpc) is 2.66. The monoisotopic (exact) mass is 360 g/mol. The molecule has 138 valence electrons. The maximum atomic E-state index is 12.6. The predicted molar refractivity (Wildman–Crippen MR) is 106 cm³/mol. The summed E-state index contributed by atoms with van der Waals surface area (Å²) < 4.78 is 0. The zero-order valence-corrected chi connectivity index (χ0v) is 15.9. The lowest BCUT2D eigenvalue weighted by Crippen LogP contribution is -2.49. The number of para-hydroxylation sites is 2. The van der Waals surface area contributed by atoms with Crippen LogP contribution in [0.5, 0.6) is 0 Å². The molecule has 0 spiro atoms. The molecule has 2 heterocycles. The van der Waals surface area contributed by atoms with Crippen molar-refractivity contribution < 1.29 is 4.79 Å². The number of rotatable bonds is 4. The summed E-state index contributed by atoms with van der Waals surface area (Å²) in [7, 11) is 0. The van der Waals surface area contributed by atoms with E-state index in [0.717, 1.165) is 35.5 Å². The number of amides is 1. The number of nitrogens with zero attached hydrogens (tertiary/aromatic N) is 4. The van der Waals surface area contributed by atoms with Gasteiger partial charge in [0, 0.05) is 26.2 Å². The van der Waals surface area contributed by atoms with E-state index in [0.29, 0.717) is 19.6 Å². The molecule has 0 bridgehead atoms. The molecule has 5 heteroatoms. The lowest BCUT2D eigenvalue weighted by Gasteiger charge is -2.34. The Balaban J connectivity index is 1.42. The van der Waals surface area contributed by atoms with E-state index in [1.165, 1.54) is 11.1 Å². The first-order valence-electron chi connectivity index (χ1n) is 9.36. The maximum Gasteiger partial charge on any atom is 0.237 e. The number of carbonyl (C=O) groups excluding carboxylic acids is 1. The minimum absolute atomic E-state index is 0.174. The number of aryl methyl sites for hydroxylation is 2. The van der Waals surface area contributed by atoms with Crippen LogP contribution >= 0.6 is 0 Å². The van der Waals surface area contributed by atoms with Gasteiger partial charge in [-0.05, 0) is 31.5 Å². The molecule has 0 unspecified atom stereocenters. The molecule has 3 aromatic rings. The van der Waals surface area contributed by atoms with Crippen molar-refractivity contribution in [3.63, 3.8) is 0 Å². The van der Waals surface area contributed by atoms with Gasteiger partial charge in [-0.1, -0.05) is 42.0 Å². The average molecular weight is 360 g/mol. The Morgan fingerprint density at radius 3 is 2.30 bits per heavy atom. The van der Waals surface area contributed by atoms with E-state index in [9.17, 15) is 4.79 Å². The Bertz CT molecular complexity index is 968. The van der Waals surface area contributed by atoms with E-state index in [1.807, 2.05) is 36.1 Å². The van der Waals surface area contributed by atoms with Gasteiger partial charge in [0.1, 0.15) is 0 Å². The van der Waals surface area contributed by atoms with Crippen LogP contribution in [0.15, 0.2) is 48.5 Å². The van der Waals surface area contributed by atoms with Gasteiger partial charge in [-0.3, -0.25) is 9.69 Å². The molecule has 1 amide bonds. The number of piperazine rings is 1. The Hall–Kier alpha value is -2.79. The molecule has 1 aromatic heterocycles. The van der Waals surface area contributed by atoms with Gasteiger partial charge in [-0.15, -0.1) is 0 Å². The van der Waals surface area contributed by atoms with Crippen molar-refractivity contribution >= 4 is 16.9 Å². The van der Waals surface area contributed by atoms with Crippen LogP contribution in [-0.2, 0) is 17.9 Å². The number of hydrogen-bond donors (Lipinski definition) is 0. The number of carbonyl (C=O) groups is 1. The molecule has 0 saturated carbocycles. The number of hydrogen-bond acceptors (Lipinski definition) is 4. The fraction of sp³-hybridized carbons (Fsp3) is 0.318. The van der Waals surface area contributed by atoms with Gasteiger partial charge >= 0.3 is 0 Å². The molecule has 2 aromatic carbocycles. The fourth-order valence-corrected chi connectivity index (χ4v) is 3.46. The third-order valence-electron chi connectivity index (χ3n) is 5.11. The first kappa shape index (κ1) is 17.6. The smallest absolute Gasteiger partial charge is 0.237 e. The van der Waals surface area contributed by atoms with Gasteiger partial charge in [-0.2, -0.15) is 0 Å². The van der Waals surface area contributed by atoms with Crippen molar-refractivity contribution in [3.8, 4) is 0 Å². The SMILES string of the molecule is Cc1ccc(CN2CCN(Cc3nc4ccccc4nc3C)CC2=O)cc1. The molecule has 1 aliphatic rings. The van der Waals surface area contributed by atoms with Crippen LogP contribution in [0.4, 0.5) is 0 Å². The summed E-state index contributed by atoms with van der Waals surface area (Å²) in [6.07, 6.45) is 0. The maximum absolute atomic E-state index is 12.6. The Morgan fingerprint density at radius 1 is 0.889 bits per heavy atom. The van der Waals surface area contributed by atoms with Crippen molar-refractivity contribution in [1.29, 1.82) is 0 Å². The molecule has 0 atom stereocenters. The van der Waals surface area contributed by atoms with E-state index in [-0.39, 0.29) is 5.91 Å². The second-order valence-electron chi connectivity index (χ2n) is 7.26. The van der Waals surface area contributed by atoms with Crippen molar-refractivity contribution in [3.05, 3.63) is 71.0 Å². The molecule has 4 rings (SSSR count). The summed E-state index contributed by atoms with van der Waals surface area (Å²) >= 11 is 0. The first-order chi connectivity index (χ1) is 13.1. The van der Waals surface area contributed by atoms with Gasteiger partial charge in [0.2, 0.25) is 5.91 Å². The minimum Gasteiger partial charge on any atom is -0.336 e. The van der Waals surface area contributed by atoms with Crippen LogP contribution in [0.1, 0.15) is 22.5 Å². The third kappa shape index (κ3) is 3.98. The highest BCUT2D eigenvalue weighted by atomic mass is 16.2. The van der Waals surface area contributed by atoms with Crippen LogP contribution in [0.2, 0.25) is 0 Å². The quantitative estimate of drug-likeness (QED) is 0.717. The number of aromatic nitrogens is 2. The summed E-state index contributed by atoms with van der Waals surface area (Å²) in [5.41, 5.74) is 6.12. The highest BCUT2D eigenvalue weighted by molar-refractivity contribution is 5.79. The highest BCUT2D eigenvalue weighted by Gasteiger charge is 2.24. The fourth-order valence-electron chi connectivity index (χ4n) is 3.46. The van der Waals surface area contributed by atoms with Crippen LogP contribution in [-0.4, -0.2) is 45.3 Å². The lowest BCUT2D eigenvalue weighted by atomic mass is 10.1. The molecule has 1 saturated heterocycles. The zero-order valence-electron chi connectivity index (χ0n) is 15.9. The van der Waals surface area contributed by atoms with Crippen LogP contribution in [0.25, 0.3) is 11.0 Å². The highest BCUT2D eigenvalue weighted by Crippen LogP contribution is 2.16. The molecule has 5 nitrogen and oxygen atoms in total. The summed E-state index contributed by atoms with van der Waals surface area (Å²) in [4.78, 5) is 26.1. The molecule has 1 aliphatic heterocycles. The molecule has 0 N–H and O–H groups in total. The molecular weight excluding hydrogens is 336 g/mol. The van der Waals surface area contributed by atoms with E-state index in [1.54, 1.807) is 0 Å². The van der Waals surface area contributed by atoms with Gasteiger partial charge in [0.15, 0.2) is 0 Å². The topological polar surface area (TPSA) is 49.3 Å². The van der Waals surface area contributed by atoms with E-state index < -0.39 is 0 Å². The summed E-state index contributed by atoms with van der Waals surface area (Å²) in [6.45, 7) is 7.43. The molecular formula is C22H24N4O. The van der Waals surface area contributed by atoms with Crippen molar-refractivity contribution in [2.45, 2.75) is 26.9 Å². The molecule has 1 fully saturated rings. The van der Waals surface area contributed by atoms with Crippen LogP contribution < -0.4 is 0 Å². The van der Waals surface area contributed by atoms with E-state index in [4.69, 9.17) is 4.98 Å². The van der Waals surface area contributed by atoms with Crippen molar-refractivity contribution in [1.82, 2.24) is 19.8 Å². The molecule has 27 heavy (non-hydrogen) atoms. The number of benzene rings is 2. The Morgan fingerprint density at radius 2 is 1.59 bits per heavy atom. The van der Waals surface area contributed by atoms with Gasteiger partial charge < -0.3 is 4.90 Å². The second kappa shape index (κ2) is 7.45. The van der Waals surface area contributed by atoms with Crippen molar-refractivity contribution in [2.24, 2.45) is 0 Å². The first-order valence-corrected chi connectivity index (χ1v) is 9.36. The van der Waals surface area contributed by atoms with E-state index >= 15 is 0 Å². The lowest BCUT2D eigenvalue weighted by molar-refractivity contribution is -0.136. The van der Waals surface area contributed by atoms with E-state index in [2.05, 4.69) is 41.1 Å². The van der Waals surface area contributed by atoms with Gasteiger partial charge in [0.05, 0.1) is 29.0 Å². The number of fused-ring (bicyclic) bond motifs is 1. The minimum atomic E-state index is 0.174. The normalized spacial score (nSPS) is 15.5. The summed E-state index contributed by atoms with van der Waals surface area (Å²) in [5, 5.41) is 0. The van der Waals surface area contributed by atoms with Crippen LogP contribution in [0.3, 0.4) is 0 Å². The molecule has 0 radical (unpaired) electrons. The van der Waals surface area contributed by atoms with Gasteiger partial charge in [-0.25, -0.2) is 9.97 Å². The van der Waals surface area contributed by atoms with Crippen LogP contribution in [0, 0.1) is 13.8 Å². The molecule has 0 aliphatic carbocycles. The Kier molecular flexibility index (Phi) is 4.86. The van der Waals surface area contributed by atoms with Crippen molar-refractivity contribution in [2.75, 3.05) is 19.6 Å². The third-order valence-corrected chi connectivity index (χ3v) is 5.11. The summed E-state index contributed by atoms with van der Waals surface area (Å²) in [5.74, 6) is 0.174. The Labute approximate surface area is 159 Å². The zero-order chi connectivity index (χ0) is 18.8. The van der Waals surface area contributed by atoms with Gasteiger partial charge in [0.25, 0.3) is 0 Å². The predicted octanol–water partition coefficient (Wildman–Crippen LogP) is 3.09. The second-order valence-corrected chi connectivity index (χ2v) is 7.26. The standard InChI is InChI=1S/C22H24N4O/c1-16-7-9-18(10-8-16)13-26-12-11-25(15-22(26)27)14-21-17(2)23-19-5-3-4-6-20(19)24-21/h3-10H,11-15H2,1-2H3. The summed E-state index contributed by atoms with van der Waals surface area (Å²) in [6, 6.07) is 16.3.